The van der Waals surface area contributed by atoms with E-state index in [1.807, 2.05) is 61.5 Å². The number of hydrogen-bond donors (Lipinski definition) is 2. The lowest BCUT2D eigenvalue weighted by atomic mass is 10.0. The van der Waals surface area contributed by atoms with Gasteiger partial charge in [-0.25, -0.2) is 9.97 Å². The van der Waals surface area contributed by atoms with Gasteiger partial charge in [-0.05, 0) is 48.4 Å². The van der Waals surface area contributed by atoms with E-state index < -0.39 is 11.9 Å². The molecular formula is C53H64N8O11S. The van der Waals surface area contributed by atoms with Gasteiger partial charge in [-0.3, -0.25) is 29.3 Å². The Bertz CT molecular complexity index is 2750. The molecule has 20 heteroatoms. The van der Waals surface area contributed by atoms with E-state index in [1.165, 1.54) is 6.08 Å². The number of anilines is 2. The molecule has 5 amide bonds. The molecule has 2 aliphatic rings. The van der Waals surface area contributed by atoms with Crippen molar-refractivity contribution in [3.05, 3.63) is 108 Å². The van der Waals surface area contributed by atoms with Crippen molar-refractivity contribution < 1.29 is 52.4 Å². The van der Waals surface area contributed by atoms with Crippen molar-refractivity contribution in [2.24, 2.45) is 7.05 Å². The lowest BCUT2D eigenvalue weighted by Crippen LogP contribution is -2.52. The third kappa shape index (κ3) is 14.5. The number of aromatic nitrogens is 3. The number of benzene rings is 3. The first-order valence-electron chi connectivity index (χ1n) is 24.2. The van der Waals surface area contributed by atoms with Crippen LogP contribution < -0.4 is 20.3 Å². The number of thioether (sulfide) groups is 1. The highest BCUT2D eigenvalue weighted by Gasteiger charge is 2.40. The highest BCUT2D eigenvalue weighted by Crippen LogP contribution is 2.36. The summed E-state index contributed by atoms with van der Waals surface area (Å²) in [4.78, 5) is 78.1. The Morgan fingerprint density at radius 1 is 0.890 bits per heavy atom. The van der Waals surface area contributed by atoms with E-state index in [-0.39, 0.29) is 43.3 Å². The molecule has 1 unspecified atom stereocenters. The SMILES string of the molecule is C=CC(=O)Nc1cc(Cc2nccc(-c3cn(C)c4ccccc34)n2)c(OC)cc1N(C)CCN(C)C(=O)COCCOCCOCCOCCOCCSc1cccc2c1CN(C1CCC(=O)NC1=O)C2=O. The number of nitrogens with zero attached hydrogens (tertiary/aromatic N) is 6. The summed E-state index contributed by atoms with van der Waals surface area (Å²) in [6.45, 7) is 8.15. The van der Waals surface area contributed by atoms with Crippen LogP contribution >= 0.6 is 11.8 Å². The summed E-state index contributed by atoms with van der Waals surface area (Å²) >= 11 is 1.60. The van der Waals surface area contributed by atoms with Gasteiger partial charge in [0.05, 0.1) is 83.6 Å². The Morgan fingerprint density at radius 2 is 1.60 bits per heavy atom. The second kappa shape index (κ2) is 26.9. The van der Waals surface area contributed by atoms with Crippen LogP contribution in [0.5, 0.6) is 5.75 Å². The van der Waals surface area contributed by atoms with Crippen LogP contribution in [-0.2, 0) is 62.9 Å². The molecule has 5 aromatic rings. The molecule has 7 rings (SSSR count). The quantitative estimate of drug-likeness (QED) is 0.0283. The third-order valence-corrected chi connectivity index (χ3v) is 13.5. The van der Waals surface area contributed by atoms with Gasteiger partial charge in [0.2, 0.25) is 23.6 Å². The van der Waals surface area contributed by atoms with Crippen molar-refractivity contribution in [3.63, 3.8) is 0 Å². The molecule has 73 heavy (non-hydrogen) atoms. The van der Waals surface area contributed by atoms with Gasteiger partial charge in [-0.2, -0.15) is 0 Å². The minimum absolute atomic E-state index is 0.100. The molecule has 0 bridgehead atoms. The van der Waals surface area contributed by atoms with E-state index in [1.54, 1.807) is 48.0 Å². The standard InChI is InChI=1S/C53H64N8O11S/c1-6-49(62)56-42-30-36(31-48-54-17-16-41(55-48)39-33-60(4)43-12-8-7-10-37(39)43)46(67-5)32-45(42)58(2)18-19-59(3)51(64)35-72-27-26-70-23-22-68-20-21-69-24-25-71-28-29-73-47-13-9-11-38-40(47)34-61(53(38)66)44-14-15-50(63)57-52(44)65/h6-13,16-17,30,32-33,44H,1,14-15,18-29,31,34-35H2,2-5H3,(H,56,62)(H,57,63,65). The molecule has 4 heterocycles. The molecule has 2 aromatic heterocycles. The Balaban J connectivity index is 0.732. The van der Waals surface area contributed by atoms with E-state index in [4.69, 9.17) is 33.4 Å². The van der Waals surface area contributed by atoms with Crippen LogP contribution in [0.15, 0.2) is 90.6 Å². The van der Waals surface area contributed by atoms with Crippen LogP contribution in [0.2, 0.25) is 0 Å². The number of nitrogens with one attached hydrogen (secondary N) is 2. The number of carbonyl (C=O) groups is 5. The fourth-order valence-corrected chi connectivity index (χ4v) is 9.43. The topological polar surface area (TPSA) is 205 Å². The van der Waals surface area contributed by atoms with Gasteiger partial charge in [0.25, 0.3) is 5.91 Å². The van der Waals surface area contributed by atoms with Gasteiger partial charge in [-0.15, -0.1) is 11.8 Å². The normalized spacial score (nSPS) is 14.3. The summed E-state index contributed by atoms with van der Waals surface area (Å²) in [5.41, 5.74) is 6.43. The van der Waals surface area contributed by atoms with Gasteiger partial charge in [0, 0.05) is 110 Å². The van der Waals surface area contributed by atoms with Crippen molar-refractivity contribution in [1.29, 1.82) is 0 Å². The van der Waals surface area contributed by atoms with Gasteiger partial charge in [0.15, 0.2) is 0 Å². The maximum atomic E-state index is 13.1. The number of imide groups is 1. The molecule has 388 valence electrons. The van der Waals surface area contributed by atoms with E-state index in [0.717, 1.165) is 38.2 Å². The monoisotopic (exact) mass is 1020 g/mol. The number of aryl methyl sites for hydroxylation is 1. The molecule has 2 aliphatic heterocycles. The number of carbonyl (C=O) groups excluding carboxylic acids is 5. The van der Waals surface area contributed by atoms with E-state index in [2.05, 4.69) is 45.1 Å². The van der Waals surface area contributed by atoms with Crippen LogP contribution in [0.4, 0.5) is 11.4 Å². The largest absolute Gasteiger partial charge is 0.496 e. The Kier molecular flexibility index (Phi) is 19.9. The summed E-state index contributed by atoms with van der Waals surface area (Å²) in [5.74, 6) is 0.403. The van der Waals surface area contributed by atoms with E-state index >= 15 is 0 Å². The van der Waals surface area contributed by atoms with Gasteiger partial charge in [-0.1, -0.05) is 30.8 Å². The third-order valence-electron chi connectivity index (χ3n) is 12.4. The fraction of sp³-hybridized carbons (Fsp3) is 0.415. The lowest BCUT2D eigenvalue weighted by molar-refractivity contribution is -0.137. The lowest BCUT2D eigenvalue weighted by Gasteiger charge is -2.29. The number of hydrogen-bond acceptors (Lipinski definition) is 15. The zero-order chi connectivity index (χ0) is 51.7. The van der Waals surface area contributed by atoms with Gasteiger partial charge >= 0.3 is 0 Å². The first kappa shape index (κ1) is 54.1. The van der Waals surface area contributed by atoms with Crippen LogP contribution in [0.3, 0.4) is 0 Å². The minimum Gasteiger partial charge on any atom is -0.496 e. The molecular weight excluding hydrogens is 957 g/mol. The summed E-state index contributed by atoms with van der Waals surface area (Å²) in [6, 6.07) is 18.8. The second-order valence-corrected chi connectivity index (χ2v) is 18.5. The average Bonchev–Trinajstić information content (AvgIpc) is 3.92. The molecule has 0 saturated carbocycles. The summed E-state index contributed by atoms with van der Waals surface area (Å²) in [7, 11) is 7.20. The number of likely N-dealkylation sites (N-methyl/N-ethyl adjacent to an activating group) is 2. The van der Waals surface area contributed by atoms with E-state index in [0.29, 0.717) is 120 Å². The first-order valence-corrected chi connectivity index (χ1v) is 25.2. The molecule has 2 N–H and O–H groups in total. The van der Waals surface area contributed by atoms with Crippen molar-refractivity contribution in [2.45, 2.75) is 36.7 Å². The predicted octanol–water partition coefficient (Wildman–Crippen LogP) is 4.89. The van der Waals surface area contributed by atoms with Crippen molar-refractivity contribution in [2.75, 3.05) is 116 Å². The highest BCUT2D eigenvalue weighted by atomic mass is 32.2. The van der Waals surface area contributed by atoms with Crippen molar-refractivity contribution in [3.8, 4) is 17.0 Å². The number of piperidine rings is 1. The summed E-state index contributed by atoms with van der Waals surface area (Å²) in [6.07, 6.45) is 5.93. The van der Waals surface area contributed by atoms with Crippen LogP contribution in [0.25, 0.3) is 22.2 Å². The highest BCUT2D eigenvalue weighted by molar-refractivity contribution is 7.99. The van der Waals surface area contributed by atoms with Gasteiger partial charge in [0.1, 0.15) is 24.2 Å². The molecule has 3 aromatic carbocycles. The van der Waals surface area contributed by atoms with Crippen LogP contribution in [-0.4, -0.2) is 166 Å². The number of methoxy groups -OCH3 is 1. The zero-order valence-electron chi connectivity index (χ0n) is 41.9. The maximum Gasteiger partial charge on any atom is 0.255 e. The molecule has 0 radical (unpaired) electrons. The molecule has 1 saturated heterocycles. The average molecular weight is 1020 g/mol. The number of amides is 5. The summed E-state index contributed by atoms with van der Waals surface area (Å²) in [5, 5.41) is 6.37. The van der Waals surface area contributed by atoms with Crippen molar-refractivity contribution >= 4 is 63.6 Å². The van der Waals surface area contributed by atoms with E-state index in [9.17, 15) is 24.0 Å². The number of ether oxygens (including phenoxy) is 6. The second-order valence-electron chi connectivity index (χ2n) is 17.3. The Hall–Kier alpha value is -6.68. The van der Waals surface area contributed by atoms with Crippen molar-refractivity contribution in [1.82, 2.24) is 29.7 Å². The maximum absolute atomic E-state index is 13.1. The zero-order valence-corrected chi connectivity index (χ0v) is 42.7. The smallest absolute Gasteiger partial charge is 0.255 e. The minimum atomic E-state index is -0.641. The van der Waals surface area contributed by atoms with Gasteiger partial charge < -0.3 is 53.0 Å². The molecule has 1 fully saturated rings. The molecule has 0 spiro atoms. The number of rotatable bonds is 29. The first-order chi connectivity index (χ1) is 35.4. The molecule has 0 aliphatic carbocycles. The fourth-order valence-electron chi connectivity index (χ4n) is 8.49. The molecule has 19 nitrogen and oxygen atoms in total. The molecule has 1 atom stereocenters. The Labute approximate surface area is 429 Å². The summed E-state index contributed by atoms with van der Waals surface area (Å²) < 4.78 is 36.0. The predicted molar refractivity (Wildman–Crippen MR) is 277 cm³/mol. The number of para-hydroxylation sites is 1. The van der Waals surface area contributed by atoms with Crippen LogP contribution in [0, 0.1) is 0 Å². The van der Waals surface area contributed by atoms with Crippen LogP contribution in [0.1, 0.15) is 40.2 Å². The Morgan fingerprint density at radius 3 is 2.32 bits per heavy atom. The number of fused-ring (bicyclic) bond motifs is 2.